The number of nitrogens with zero attached hydrogens (tertiary/aromatic N) is 2. The smallest absolute Gasteiger partial charge is 0.242 e. The normalized spacial score (nSPS) is 15.2. The van der Waals surface area contributed by atoms with Gasteiger partial charge in [-0.05, 0) is 35.2 Å². The van der Waals surface area contributed by atoms with Crippen molar-refractivity contribution in [1.29, 1.82) is 0 Å². The molecule has 2 N–H and O–H groups in total. The largest absolute Gasteiger partial charge is 0.454 e. The fraction of sp³-hybridized carbons (Fsp3) is 0.333. The first-order chi connectivity index (χ1) is 13.7. The zero-order valence-corrected chi connectivity index (χ0v) is 15.9. The average Bonchev–Trinajstić information content (AvgIpc) is 3.21. The summed E-state index contributed by atoms with van der Waals surface area (Å²) in [6.45, 7) is 2.46. The van der Waals surface area contributed by atoms with Crippen molar-refractivity contribution in [3.05, 3.63) is 59.2 Å². The van der Waals surface area contributed by atoms with E-state index < -0.39 is 0 Å². The lowest BCUT2D eigenvalue weighted by molar-refractivity contribution is -0.130. The molecule has 1 amide bonds. The van der Waals surface area contributed by atoms with Crippen LogP contribution >= 0.6 is 0 Å². The monoisotopic (exact) mass is 380 g/mol. The number of nitrogens with one attached hydrogen (secondary N) is 2. The van der Waals surface area contributed by atoms with Gasteiger partial charge in [-0.1, -0.05) is 30.3 Å². The highest BCUT2D eigenvalue weighted by Crippen LogP contribution is 2.32. The molecule has 0 saturated heterocycles. The molecule has 0 atom stereocenters. The molecule has 0 aliphatic carbocycles. The number of fused-ring (bicyclic) bond motifs is 2. The maximum absolute atomic E-state index is 12.6. The van der Waals surface area contributed by atoms with Crippen molar-refractivity contribution in [2.45, 2.75) is 19.5 Å². The number of benzene rings is 2. The number of hydrogen-bond donors (Lipinski definition) is 2. The van der Waals surface area contributed by atoms with E-state index in [1.54, 1.807) is 7.05 Å². The number of guanidine groups is 1. The van der Waals surface area contributed by atoms with Gasteiger partial charge in [0.05, 0.1) is 6.54 Å². The first kappa shape index (κ1) is 18.2. The molecule has 7 nitrogen and oxygen atoms in total. The molecule has 0 spiro atoms. The number of carbonyl (C=O) groups is 1. The van der Waals surface area contributed by atoms with Crippen molar-refractivity contribution in [3.8, 4) is 11.5 Å². The Balaban J connectivity index is 1.27. The molecule has 0 fully saturated rings. The Bertz CT molecular complexity index is 897. The maximum Gasteiger partial charge on any atom is 0.242 e. The topological polar surface area (TPSA) is 75.2 Å². The first-order valence-electron chi connectivity index (χ1n) is 9.40. The second-order valence-electron chi connectivity index (χ2n) is 6.80. The van der Waals surface area contributed by atoms with E-state index in [9.17, 15) is 4.79 Å². The Hall–Kier alpha value is -3.22. The molecule has 7 heteroatoms. The average molecular weight is 380 g/mol. The van der Waals surface area contributed by atoms with Gasteiger partial charge in [0.25, 0.3) is 0 Å². The molecule has 0 radical (unpaired) electrons. The van der Waals surface area contributed by atoms with E-state index in [0.29, 0.717) is 19.0 Å². The van der Waals surface area contributed by atoms with Crippen LogP contribution in [0.4, 0.5) is 0 Å². The molecular weight excluding hydrogens is 356 g/mol. The third-order valence-electron chi connectivity index (χ3n) is 5.01. The number of rotatable bonds is 4. The Labute approximate surface area is 164 Å². The van der Waals surface area contributed by atoms with Gasteiger partial charge in [-0.2, -0.15) is 0 Å². The van der Waals surface area contributed by atoms with E-state index in [1.165, 1.54) is 11.1 Å². The van der Waals surface area contributed by atoms with Gasteiger partial charge in [0.15, 0.2) is 17.5 Å². The van der Waals surface area contributed by atoms with Gasteiger partial charge in [0.2, 0.25) is 12.7 Å². The van der Waals surface area contributed by atoms with Crippen molar-refractivity contribution in [2.75, 3.05) is 26.9 Å². The van der Waals surface area contributed by atoms with Gasteiger partial charge < -0.3 is 25.0 Å². The van der Waals surface area contributed by atoms with Crippen molar-refractivity contribution in [1.82, 2.24) is 15.5 Å². The Morgan fingerprint density at radius 3 is 2.79 bits per heavy atom. The lowest BCUT2D eigenvalue weighted by Crippen LogP contribution is -2.45. The molecule has 0 unspecified atom stereocenters. The van der Waals surface area contributed by atoms with Crippen molar-refractivity contribution in [2.24, 2.45) is 4.99 Å². The van der Waals surface area contributed by atoms with Gasteiger partial charge in [0, 0.05) is 26.7 Å². The lowest BCUT2D eigenvalue weighted by atomic mass is 10.00. The molecule has 2 aliphatic heterocycles. The predicted molar refractivity (Wildman–Crippen MR) is 106 cm³/mol. The molecule has 2 aromatic rings. The predicted octanol–water partition coefficient (Wildman–Crippen LogP) is 1.67. The Kier molecular flexibility index (Phi) is 5.32. The van der Waals surface area contributed by atoms with Crippen molar-refractivity contribution >= 4 is 11.9 Å². The zero-order chi connectivity index (χ0) is 19.3. The molecule has 2 heterocycles. The fourth-order valence-corrected chi connectivity index (χ4v) is 3.44. The van der Waals surface area contributed by atoms with Gasteiger partial charge in [-0.3, -0.25) is 9.79 Å². The molecule has 0 saturated carbocycles. The molecule has 4 rings (SSSR count). The molecule has 2 aromatic carbocycles. The summed E-state index contributed by atoms with van der Waals surface area (Å²) in [6, 6.07) is 14.1. The minimum Gasteiger partial charge on any atom is -0.454 e. The van der Waals surface area contributed by atoms with Gasteiger partial charge in [-0.15, -0.1) is 0 Å². The number of aliphatic imine (C=N–C) groups is 1. The van der Waals surface area contributed by atoms with Gasteiger partial charge >= 0.3 is 0 Å². The van der Waals surface area contributed by atoms with Crippen molar-refractivity contribution in [3.63, 3.8) is 0 Å². The van der Waals surface area contributed by atoms with Crippen LogP contribution in [0.2, 0.25) is 0 Å². The molecule has 0 bridgehead atoms. The van der Waals surface area contributed by atoms with Crippen LogP contribution in [-0.4, -0.2) is 43.7 Å². The molecule has 146 valence electrons. The Morgan fingerprint density at radius 1 is 1.11 bits per heavy atom. The summed E-state index contributed by atoms with van der Waals surface area (Å²) in [7, 11) is 1.69. The van der Waals surface area contributed by atoms with E-state index in [-0.39, 0.29) is 19.2 Å². The van der Waals surface area contributed by atoms with E-state index in [2.05, 4.69) is 27.8 Å². The quantitative estimate of drug-likeness (QED) is 0.623. The zero-order valence-electron chi connectivity index (χ0n) is 15.9. The van der Waals surface area contributed by atoms with Crippen LogP contribution in [0.3, 0.4) is 0 Å². The SMILES string of the molecule is CN=C(NCC(=O)N1CCc2ccccc2C1)NCc1ccc2c(c1)OCO2. The van der Waals surface area contributed by atoms with Crippen LogP contribution in [-0.2, 0) is 24.3 Å². The third-order valence-corrected chi connectivity index (χ3v) is 5.01. The first-order valence-corrected chi connectivity index (χ1v) is 9.40. The van der Waals surface area contributed by atoms with E-state index in [4.69, 9.17) is 9.47 Å². The van der Waals surface area contributed by atoms with E-state index in [0.717, 1.165) is 30.0 Å². The maximum atomic E-state index is 12.6. The highest BCUT2D eigenvalue weighted by Gasteiger charge is 2.20. The third kappa shape index (κ3) is 4.03. The highest BCUT2D eigenvalue weighted by atomic mass is 16.7. The summed E-state index contributed by atoms with van der Waals surface area (Å²) in [5, 5.41) is 6.33. The van der Waals surface area contributed by atoms with Crippen LogP contribution in [0, 0.1) is 0 Å². The molecule has 2 aliphatic rings. The summed E-state index contributed by atoms with van der Waals surface area (Å²) < 4.78 is 10.7. The highest BCUT2D eigenvalue weighted by molar-refractivity contribution is 5.86. The number of ether oxygens (including phenoxy) is 2. The van der Waals surface area contributed by atoms with Crippen LogP contribution in [0.15, 0.2) is 47.5 Å². The minimum absolute atomic E-state index is 0.0699. The summed E-state index contributed by atoms with van der Waals surface area (Å²) in [5.74, 6) is 2.17. The fourth-order valence-electron chi connectivity index (χ4n) is 3.44. The second kappa shape index (κ2) is 8.21. The van der Waals surface area contributed by atoms with Crippen LogP contribution in [0.1, 0.15) is 16.7 Å². The summed E-state index contributed by atoms with van der Waals surface area (Å²) in [4.78, 5) is 18.7. The van der Waals surface area contributed by atoms with Gasteiger partial charge in [0.1, 0.15) is 0 Å². The van der Waals surface area contributed by atoms with Crippen molar-refractivity contribution < 1.29 is 14.3 Å². The Morgan fingerprint density at radius 2 is 1.93 bits per heavy atom. The molecule has 0 aromatic heterocycles. The van der Waals surface area contributed by atoms with E-state index in [1.807, 2.05) is 35.2 Å². The molecule has 28 heavy (non-hydrogen) atoms. The standard InChI is InChI=1S/C21H24N4O3/c1-22-21(23-11-15-6-7-18-19(10-15)28-14-27-18)24-12-20(26)25-9-8-16-4-2-3-5-17(16)13-25/h2-7,10H,8-9,11-14H2,1H3,(H2,22,23,24). The van der Waals surface area contributed by atoms with Crippen LogP contribution in [0.25, 0.3) is 0 Å². The van der Waals surface area contributed by atoms with Crippen LogP contribution in [0.5, 0.6) is 11.5 Å². The lowest BCUT2D eigenvalue weighted by Gasteiger charge is -2.29. The van der Waals surface area contributed by atoms with E-state index >= 15 is 0 Å². The summed E-state index contributed by atoms with van der Waals surface area (Å²) >= 11 is 0. The second-order valence-corrected chi connectivity index (χ2v) is 6.80. The minimum atomic E-state index is 0.0699. The number of hydrogen-bond acceptors (Lipinski definition) is 4. The molecular formula is C21H24N4O3. The summed E-state index contributed by atoms with van der Waals surface area (Å²) in [5.41, 5.74) is 3.61. The number of amides is 1. The van der Waals surface area contributed by atoms with Crippen LogP contribution < -0.4 is 20.1 Å². The summed E-state index contributed by atoms with van der Waals surface area (Å²) in [6.07, 6.45) is 0.902. The van der Waals surface area contributed by atoms with Gasteiger partial charge in [-0.25, -0.2) is 0 Å². The number of carbonyl (C=O) groups excluding carboxylic acids is 1.